The molecular weight excluding hydrogens is 662 g/mol. The van der Waals surface area contributed by atoms with E-state index in [2.05, 4.69) is 21.3 Å². The molecule has 4 amide bonds. The van der Waals surface area contributed by atoms with Crippen LogP contribution in [0, 0.1) is 11.8 Å². The topological polar surface area (TPSA) is 158 Å². The fourth-order valence-corrected chi connectivity index (χ4v) is 6.33. The van der Waals surface area contributed by atoms with Crippen LogP contribution in [-0.4, -0.2) is 104 Å². The van der Waals surface area contributed by atoms with Gasteiger partial charge < -0.3 is 30.7 Å². The molecule has 12 heteroatoms. The summed E-state index contributed by atoms with van der Waals surface area (Å²) in [5.41, 5.74) is 0.915. The van der Waals surface area contributed by atoms with E-state index in [1.165, 1.54) is 0 Å². The minimum atomic E-state index is -1.03. The average molecular weight is 720 g/mol. The van der Waals surface area contributed by atoms with Crippen molar-refractivity contribution in [3.05, 3.63) is 71.8 Å². The van der Waals surface area contributed by atoms with Crippen LogP contribution in [0.25, 0.3) is 0 Å². The number of nitrogens with zero attached hydrogens (tertiary/aromatic N) is 1. The second-order valence-corrected chi connectivity index (χ2v) is 15.0. The second-order valence-electron chi connectivity index (χ2n) is 15.0. The summed E-state index contributed by atoms with van der Waals surface area (Å²) in [7, 11) is 0. The normalized spacial score (nSPS) is 19.6. The van der Waals surface area contributed by atoms with Gasteiger partial charge in [-0.3, -0.25) is 28.9 Å². The number of epoxide rings is 1. The molecule has 0 aromatic heterocycles. The highest BCUT2D eigenvalue weighted by atomic mass is 16.6. The Kier molecular flexibility index (Phi) is 15.3. The van der Waals surface area contributed by atoms with Crippen LogP contribution in [0.1, 0.15) is 65.0 Å². The van der Waals surface area contributed by atoms with Crippen LogP contribution in [-0.2, 0) is 46.3 Å². The average Bonchev–Trinajstić information content (AvgIpc) is 3.87. The molecule has 2 aromatic carbocycles. The summed E-state index contributed by atoms with van der Waals surface area (Å²) >= 11 is 0. The van der Waals surface area contributed by atoms with Gasteiger partial charge in [0.15, 0.2) is 5.78 Å². The first kappa shape index (κ1) is 40.6. The van der Waals surface area contributed by atoms with Gasteiger partial charge in [-0.2, -0.15) is 0 Å². The van der Waals surface area contributed by atoms with E-state index in [9.17, 15) is 24.0 Å². The van der Waals surface area contributed by atoms with E-state index in [-0.39, 0.29) is 36.5 Å². The highest BCUT2D eigenvalue weighted by Crippen LogP contribution is 2.29. The number of amides is 4. The molecule has 0 radical (unpaired) electrons. The van der Waals surface area contributed by atoms with Gasteiger partial charge in [-0.1, -0.05) is 88.4 Å². The third-order valence-corrected chi connectivity index (χ3v) is 9.38. The van der Waals surface area contributed by atoms with Gasteiger partial charge in [-0.05, 0) is 55.6 Å². The molecule has 2 unspecified atom stereocenters. The van der Waals surface area contributed by atoms with Crippen molar-refractivity contribution in [1.82, 2.24) is 26.2 Å². The van der Waals surface area contributed by atoms with Gasteiger partial charge >= 0.3 is 0 Å². The number of benzene rings is 2. The molecule has 0 bridgehead atoms. The summed E-state index contributed by atoms with van der Waals surface area (Å²) in [6, 6.07) is 15.3. The van der Waals surface area contributed by atoms with E-state index >= 15 is 0 Å². The first-order valence-electron chi connectivity index (χ1n) is 18.6. The van der Waals surface area contributed by atoms with Crippen LogP contribution in [0.15, 0.2) is 60.7 Å². The summed E-state index contributed by atoms with van der Waals surface area (Å²) in [5.74, 6) is -1.83. The largest absolute Gasteiger partial charge is 0.379 e. The van der Waals surface area contributed by atoms with Gasteiger partial charge in [0.1, 0.15) is 23.7 Å². The zero-order chi connectivity index (χ0) is 37.7. The molecule has 4 rings (SSSR count). The number of ketones is 1. The SMILES string of the molecule is CC(C)CC(NC(=O)[C@H](CCc1ccccc1)NC(=O)CN1CCOCC1)C(=O)N[C@@H](Cc1ccccc1)C(=O)NC(CC(C)C)C(=O)[C@@]1(C)CO1. The molecule has 284 valence electrons. The number of rotatable bonds is 20. The molecule has 2 saturated heterocycles. The van der Waals surface area contributed by atoms with Crippen LogP contribution in [0.3, 0.4) is 0 Å². The van der Waals surface area contributed by atoms with Crippen molar-refractivity contribution in [3.63, 3.8) is 0 Å². The highest BCUT2D eigenvalue weighted by molar-refractivity contribution is 5.98. The van der Waals surface area contributed by atoms with Gasteiger partial charge in [-0.15, -0.1) is 0 Å². The van der Waals surface area contributed by atoms with E-state index in [0.29, 0.717) is 58.6 Å². The molecule has 2 heterocycles. The molecule has 2 aromatic rings. The third-order valence-electron chi connectivity index (χ3n) is 9.38. The summed E-state index contributed by atoms with van der Waals surface area (Å²) in [4.78, 5) is 70.5. The second kappa shape index (κ2) is 19.6. The Morgan fingerprint density at radius 2 is 1.19 bits per heavy atom. The number of ether oxygens (including phenoxy) is 2. The molecule has 0 spiro atoms. The highest BCUT2D eigenvalue weighted by Gasteiger charge is 2.50. The summed E-state index contributed by atoms with van der Waals surface area (Å²) in [5, 5.41) is 11.7. The number of carbonyl (C=O) groups is 5. The number of aryl methyl sites for hydroxylation is 1. The van der Waals surface area contributed by atoms with Gasteiger partial charge in [0, 0.05) is 19.5 Å². The summed E-state index contributed by atoms with van der Waals surface area (Å²) in [6.07, 6.45) is 1.76. The maximum atomic E-state index is 14.1. The molecule has 2 fully saturated rings. The molecule has 2 aliphatic rings. The Balaban J connectivity index is 1.51. The van der Waals surface area contributed by atoms with E-state index in [0.717, 1.165) is 11.1 Å². The molecule has 12 nitrogen and oxygen atoms in total. The van der Waals surface area contributed by atoms with E-state index in [1.54, 1.807) is 6.92 Å². The van der Waals surface area contributed by atoms with Crippen LogP contribution in [0.5, 0.6) is 0 Å². The lowest BCUT2D eigenvalue weighted by atomic mass is 9.93. The summed E-state index contributed by atoms with van der Waals surface area (Å²) < 4.78 is 10.8. The quantitative estimate of drug-likeness (QED) is 0.152. The van der Waals surface area contributed by atoms with Gasteiger partial charge in [0.05, 0.1) is 32.4 Å². The van der Waals surface area contributed by atoms with Gasteiger partial charge in [0.25, 0.3) is 0 Å². The Morgan fingerprint density at radius 1 is 0.692 bits per heavy atom. The van der Waals surface area contributed by atoms with Crippen molar-refractivity contribution in [3.8, 4) is 0 Å². The van der Waals surface area contributed by atoms with Crippen molar-refractivity contribution >= 4 is 29.4 Å². The van der Waals surface area contributed by atoms with Crippen LogP contribution < -0.4 is 21.3 Å². The lowest BCUT2D eigenvalue weighted by Gasteiger charge is -2.29. The number of Topliss-reactive ketones (excluding diaryl/α,β-unsaturated/α-hetero) is 1. The summed E-state index contributed by atoms with van der Waals surface area (Å²) in [6.45, 7) is 12.3. The third kappa shape index (κ3) is 13.1. The van der Waals surface area contributed by atoms with Crippen molar-refractivity contribution in [2.75, 3.05) is 39.5 Å². The van der Waals surface area contributed by atoms with Gasteiger partial charge in [0.2, 0.25) is 23.6 Å². The number of morpholine rings is 1. The molecule has 52 heavy (non-hydrogen) atoms. The fourth-order valence-electron chi connectivity index (χ4n) is 6.33. The maximum absolute atomic E-state index is 14.1. The smallest absolute Gasteiger partial charge is 0.243 e. The van der Waals surface area contributed by atoms with Crippen molar-refractivity contribution in [1.29, 1.82) is 0 Å². The van der Waals surface area contributed by atoms with Crippen LogP contribution >= 0.6 is 0 Å². The number of hydrogen-bond donors (Lipinski definition) is 4. The first-order valence-corrected chi connectivity index (χ1v) is 18.6. The Bertz CT molecular complexity index is 1480. The standard InChI is InChI=1S/C40H57N5O7/c1-27(2)22-32(36(47)40(5)26-52-40)42-39(50)34(24-30-14-10-7-11-15-30)44-38(49)33(23-28(3)4)43-37(48)31(17-16-29-12-8-6-9-13-29)41-35(46)25-45-18-20-51-21-19-45/h6-15,27-28,31-34H,16-26H2,1-5H3,(H,41,46)(H,42,50)(H,43,48)(H,44,49)/t31-,32?,33?,34-,40+/m0/s1. The van der Waals surface area contributed by atoms with Crippen LogP contribution in [0.2, 0.25) is 0 Å². The minimum Gasteiger partial charge on any atom is -0.379 e. The van der Waals surface area contributed by atoms with Crippen molar-refractivity contribution in [2.45, 2.75) is 96.5 Å². The zero-order valence-corrected chi connectivity index (χ0v) is 31.3. The number of nitrogens with one attached hydrogen (secondary N) is 4. The molecule has 2 aliphatic heterocycles. The van der Waals surface area contributed by atoms with E-state index in [4.69, 9.17) is 9.47 Å². The Labute approximate surface area is 308 Å². The van der Waals surface area contributed by atoms with Crippen molar-refractivity contribution in [2.24, 2.45) is 11.8 Å². The molecule has 4 N–H and O–H groups in total. The zero-order valence-electron chi connectivity index (χ0n) is 31.3. The predicted molar refractivity (Wildman–Crippen MR) is 198 cm³/mol. The number of carbonyl (C=O) groups excluding carboxylic acids is 5. The Morgan fingerprint density at radius 3 is 1.77 bits per heavy atom. The molecule has 0 saturated carbocycles. The molecular formula is C40H57N5O7. The minimum absolute atomic E-state index is 0.0171. The van der Waals surface area contributed by atoms with Crippen LogP contribution in [0.4, 0.5) is 0 Å². The lowest BCUT2D eigenvalue weighted by Crippen LogP contribution is -2.59. The lowest BCUT2D eigenvalue weighted by molar-refractivity contribution is -0.135. The molecule has 5 atom stereocenters. The first-order chi connectivity index (χ1) is 24.8. The van der Waals surface area contributed by atoms with E-state index in [1.807, 2.05) is 93.3 Å². The van der Waals surface area contributed by atoms with Crippen molar-refractivity contribution < 1.29 is 33.4 Å². The monoisotopic (exact) mass is 719 g/mol. The Hall–Kier alpha value is -4.13. The fraction of sp³-hybridized carbons (Fsp3) is 0.575. The number of hydrogen-bond acceptors (Lipinski definition) is 8. The van der Waals surface area contributed by atoms with E-state index < -0.39 is 47.5 Å². The predicted octanol–water partition coefficient (Wildman–Crippen LogP) is 2.58. The molecule has 0 aliphatic carbocycles. The maximum Gasteiger partial charge on any atom is 0.243 e. The van der Waals surface area contributed by atoms with Gasteiger partial charge in [-0.25, -0.2) is 0 Å².